The number of hydrogen-bond acceptors (Lipinski definition) is 7. The SMILES string of the molecule is CC(NC(=O)C(N)CCCCN)C(=O)NC(C)C(=O)NC(Cc1cnc[nH]1)C(=O)O. The summed E-state index contributed by atoms with van der Waals surface area (Å²) in [5, 5.41) is 16.6. The topological polar surface area (TPSA) is 205 Å². The first-order valence-electron chi connectivity index (χ1n) is 9.72. The number of unbranched alkanes of at least 4 members (excludes halogenated alkanes) is 1. The largest absolute Gasteiger partial charge is 0.480 e. The average Bonchev–Trinajstić information content (AvgIpc) is 3.20. The molecular formula is C18H31N7O5. The Kier molecular flexibility index (Phi) is 10.5. The highest BCUT2D eigenvalue weighted by Crippen LogP contribution is 2.01. The van der Waals surface area contributed by atoms with Crippen molar-refractivity contribution in [2.45, 2.75) is 63.7 Å². The summed E-state index contributed by atoms with van der Waals surface area (Å²) in [6, 6.07) is -3.89. The van der Waals surface area contributed by atoms with Gasteiger partial charge in [0.25, 0.3) is 0 Å². The first-order chi connectivity index (χ1) is 14.1. The molecule has 0 fully saturated rings. The molecule has 0 spiro atoms. The number of nitrogens with zero attached hydrogens (tertiary/aromatic N) is 1. The van der Waals surface area contributed by atoms with Gasteiger partial charge in [0.15, 0.2) is 0 Å². The predicted molar refractivity (Wildman–Crippen MR) is 108 cm³/mol. The van der Waals surface area contributed by atoms with Crippen LogP contribution in [-0.4, -0.2) is 69.5 Å². The zero-order valence-corrected chi connectivity index (χ0v) is 17.2. The highest BCUT2D eigenvalue weighted by atomic mass is 16.4. The number of aromatic nitrogens is 2. The molecule has 1 aromatic rings. The number of hydrogen-bond donors (Lipinski definition) is 7. The summed E-state index contributed by atoms with van der Waals surface area (Å²) in [6.07, 6.45) is 4.77. The number of carboxylic acids is 1. The van der Waals surface area contributed by atoms with Crippen LogP contribution in [0.2, 0.25) is 0 Å². The van der Waals surface area contributed by atoms with Crippen LogP contribution in [0.5, 0.6) is 0 Å². The van der Waals surface area contributed by atoms with Crippen LogP contribution in [0.15, 0.2) is 12.5 Å². The van der Waals surface area contributed by atoms with Gasteiger partial charge in [0, 0.05) is 18.3 Å². The van der Waals surface area contributed by atoms with E-state index in [1.807, 2.05) is 0 Å². The van der Waals surface area contributed by atoms with E-state index in [4.69, 9.17) is 11.5 Å². The molecular weight excluding hydrogens is 394 g/mol. The van der Waals surface area contributed by atoms with Crippen LogP contribution < -0.4 is 27.4 Å². The Labute approximate surface area is 174 Å². The lowest BCUT2D eigenvalue weighted by atomic mass is 10.1. The fourth-order valence-corrected chi connectivity index (χ4v) is 2.54. The minimum atomic E-state index is -1.22. The number of H-pyrrole nitrogens is 1. The second-order valence-electron chi connectivity index (χ2n) is 7.03. The number of carboxylic acid groups (broad SMARTS) is 1. The van der Waals surface area contributed by atoms with Crippen molar-refractivity contribution in [3.05, 3.63) is 18.2 Å². The Morgan fingerprint density at radius 3 is 2.20 bits per heavy atom. The Morgan fingerprint density at radius 1 is 1.07 bits per heavy atom. The fraction of sp³-hybridized carbons (Fsp3) is 0.611. The van der Waals surface area contributed by atoms with Gasteiger partial charge in [-0.15, -0.1) is 0 Å². The molecule has 1 rings (SSSR count). The van der Waals surface area contributed by atoms with Gasteiger partial charge in [-0.1, -0.05) is 6.42 Å². The number of rotatable bonds is 13. The lowest BCUT2D eigenvalue weighted by Crippen LogP contribution is -2.55. The van der Waals surface area contributed by atoms with E-state index in [9.17, 15) is 24.3 Å². The molecule has 1 heterocycles. The molecule has 0 bridgehead atoms. The molecule has 0 aliphatic carbocycles. The maximum absolute atomic E-state index is 12.3. The normalized spacial score (nSPS) is 14.8. The number of nitrogens with one attached hydrogen (secondary N) is 4. The zero-order valence-electron chi connectivity index (χ0n) is 17.2. The van der Waals surface area contributed by atoms with Crippen LogP contribution in [0.3, 0.4) is 0 Å². The predicted octanol–water partition coefficient (Wildman–Crippen LogP) is -2.01. The summed E-state index contributed by atoms with van der Waals surface area (Å²) in [5.74, 6) is -2.97. The number of aromatic amines is 1. The Hall–Kier alpha value is -2.99. The van der Waals surface area contributed by atoms with Crippen molar-refractivity contribution in [1.82, 2.24) is 25.9 Å². The minimum Gasteiger partial charge on any atom is -0.480 e. The van der Waals surface area contributed by atoms with E-state index in [-0.39, 0.29) is 6.42 Å². The van der Waals surface area contributed by atoms with Crippen molar-refractivity contribution >= 4 is 23.7 Å². The van der Waals surface area contributed by atoms with E-state index in [1.165, 1.54) is 26.4 Å². The van der Waals surface area contributed by atoms with Crippen LogP contribution in [0.25, 0.3) is 0 Å². The zero-order chi connectivity index (χ0) is 22.7. The molecule has 12 nitrogen and oxygen atoms in total. The smallest absolute Gasteiger partial charge is 0.326 e. The second kappa shape index (κ2) is 12.5. The van der Waals surface area contributed by atoms with Crippen molar-refractivity contribution in [3.63, 3.8) is 0 Å². The number of amides is 3. The lowest BCUT2D eigenvalue weighted by molar-refractivity contribution is -0.142. The molecule has 0 radical (unpaired) electrons. The van der Waals surface area contributed by atoms with Gasteiger partial charge in [-0.2, -0.15) is 0 Å². The van der Waals surface area contributed by atoms with E-state index in [0.29, 0.717) is 25.1 Å². The number of carbonyl (C=O) groups is 4. The third-order valence-corrected chi connectivity index (χ3v) is 4.40. The van der Waals surface area contributed by atoms with Crippen LogP contribution in [0.4, 0.5) is 0 Å². The fourth-order valence-electron chi connectivity index (χ4n) is 2.54. The van der Waals surface area contributed by atoms with E-state index in [1.54, 1.807) is 0 Å². The first kappa shape index (κ1) is 25.0. The highest BCUT2D eigenvalue weighted by molar-refractivity contribution is 5.93. The van der Waals surface area contributed by atoms with Gasteiger partial charge < -0.3 is 37.5 Å². The average molecular weight is 425 g/mol. The summed E-state index contributed by atoms with van der Waals surface area (Å²) < 4.78 is 0. The van der Waals surface area contributed by atoms with Gasteiger partial charge in [0.1, 0.15) is 18.1 Å². The monoisotopic (exact) mass is 425 g/mol. The molecule has 0 saturated carbocycles. The molecule has 30 heavy (non-hydrogen) atoms. The molecule has 0 saturated heterocycles. The minimum absolute atomic E-state index is 0.0102. The number of carbonyl (C=O) groups excluding carboxylic acids is 3. The molecule has 9 N–H and O–H groups in total. The molecule has 168 valence electrons. The van der Waals surface area contributed by atoms with E-state index < -0.39 is 47.9 Å². The van der Waals surface area contributed by atoms with Crippen LogP contribution >= 0.6 is 0 Å². The van der Waals surface area contributed by atoms with Gasteiger partial charge in [-0.05, 0) is 33.2 Å². The van der Waals surface area contributed by atoms with Crippen molar-refractivity contribution in [3.8, 4) is 0 Å². The summed E-state index contributed by atoms with van der Waals surface area (Å²) in [5.41, 5.74) is 11.7. The maximum atomic E-state index is 12.3. The molecule has 0 aliphatic heterocycles. The summed E-state index contributed by atoms with van der Waals surface area (Å²) >= 11 is 0. The summed E-state index contributed by atoms with van der Waals surface area (Å²) in [4.78, 5) is 54.5. The van der Waals surface area contributed by atoms with Crippen molar-refractivity contribution in [2.75, 3.05) is 6.54 Å². The van der Waals surface area contributed by atoms with Gasteiger partial charge in [-0.25, -0.2) is 9.78 Å². The number of aliphatic carboxylic acids is 1. The van der Waals surface area contributed by atoms with Crippen LogP contribution in [-0.2, 0) is 25.6 Å². The van der Waals surface area contributed by atoms with E-state index >= 15 is 0 Å². The van der Waals surface area contributed by atoms with Crippen LogP contribution in [0.1, 0.15) is 38.8 Å². The molecule has 12 heteroatoms. The van der Waals surface area contributed by atoms with Gasteiger partial charge >= 0.3 is 5.97 Å². The second-order valence-corrected chi connectivity index (χ2v) is 7.03. The highest BCUT2D eigenvalue weighted by Gasteiger charge is 2.26. The third kappa shape index (κ3) is 8.57. The molecule has 0 aromatic carbocycles. The molecule has 4 atom stereocenters. The Bertz CT molecular complexity index is 710. The standard InChI is InChI=1S/C18H31N7O5/c1-10(24-17(28)13(20)5-3-4-6-19)15(26)23-11(2)16(27)25-14(18(29)30)7-12-8-21-9-22-12/h8-11,13-14H,3-7,19-20H2,1-2H3,(H,21,22)(H,23,26)(H,24,28)(H,25,27)(H,29,30). The van der Waals surface area contributed by atoms with Gasteiger partial charge in [0.05, 0.1) is 12.4 Å². The molecule has 4 unspecified atom stereocenters. The quantitative estimate of drug-likeness (QED) is 0.175. The maximum Gasteiger partial charge on any atom is 0.326 e. The number of imidazole rings is 1. The van der Waals surface area contributed by atoms with Gasteiger partial charge in [0.2, 0.25) is 17.7 Å². The van der Waals surface area contributed by atoms with Crippen molar-refractivity contribution in [2.24, 2.45) is 11.5 Å². The molecule has 0 aliphatic rings. The number of nitrogens with two attached hydrogens (primary N) is 2. The van der Waals surface area contributed by atoms with E-state index in [2.05, 4.69) is 25.9 Å². The molecule has 1 aromatic heterocycles. The Morgan fingerprint density at radius 2 is 1.67 bits per heavy atom. The van der Waals surface area contributed by atoms with Crippen LogP contribution in [0, 0.1) is 0 Å². The summed E-state index contributed by atoms with van der Waals surface area (Å²) in [7, 11) is 0. The first-order valence-corrected chi connectivity index (χ1v) is 9.72. The lowest BCUT2D eigenvalue weighted by Gasteiger charge is -2.21. The van der Waals surface area contributed by atoms with Gasteiger partial charge in [-0.3, -0.25) is 14.4 Å². The van der Waals surface area contributed by atoms with Crippen molar-refractivity contribution < 1.29 is 24.3 Å². The Balaban J connectivity index is 2.51. The third-order valence-electron chi connectivity index (χ3n) is 4.40. The van der Waals surface area contributed by atoms with E-state index in [0.717, 1.165) is 6.42 Å². The van der Waals surface area contributed by atoms with Crippen molar-refractivity contribution in [1.29, 1.82) is 0 Å². The molecule has 3 amide bonds. The summed E-state index contributed by atoms with van der Waals surface area (Å²) in [6.45, 7) is 3.38.